The minimum Gasteiger partial charge on any atom is -0.497 e. The molecule has 372 valence electrons. The van der Waals surface area contributed by atoms with Crippen molar-refractivity contribution in [3.05, 3.63) is 83.4 Å². The molecule has 6 amide bonds. The number of aliphatic hydroxyl groups excluding tert-OH is 4. The number of nitrogens with one attached hydrogen (secondary N) is 4. The maximum atomic E-state index is 14.8. The van der Waals surface area contributed by atoms with Crippen LogP contribution in [0.4, 0.5) is 0 Å². The van der Waals surface area contributed by atoms with Gasteiger partial charge in [0.15, 0.2) is 17.6 Å². The average Bonchev–Trinajstić information content (AvgIpc) is 3.32. The van der Waals surface area contributed by atoms with Gasteiger partial charge in [-0.15, -0.1) is 0 Å². The first-order chi connectivity index (χ1) is 32.7. The summed E-state index contributed by atoms with van der Waals surface area (Å²) >= 11 is 0. The first-order valence-electron chi connectivity index (χ1n) is 22.1. The number of fused-ring (bicyclic) bond motifs is 2. The highest BCUT2D eigenvalue weighted by molar-refractivity contribution is 5.98. The van der Waals surface area contributed by atoms with E-state index in [-0.39, 0.29) is 35.7 Å². The maximum absolute atomic E-state index is 14.8. The molecule has 8 N–H and O–H groups in total. The van der Waals surface area contributed by atoms with Gasteiger partial charge in [0, 0.05) is 33.9 Å². The van der Waals surface area contributed by atoms with Gasteiger partial charge in [-0.2, -0.15) is 0 Å². The second-order valence-corrected chi connectivity index (χ2v) is 17.2. The molecule has 7 rings (SSSR count). The number of rotatable bonds is 7. The zero-order valence-electron chi connectivity index (χ0n) is 39.0. The van der Waals surface area contributed by atoms with E-state index in [1.807, 2.05) is 0 Å². The molecule has 12 atom stereocenters. The number of hydrogen-bond acceptors (Lipinski definition) is 16. The topological polar surface area (TPSA) is 301 Å². The predicted octanol–water partition coefficient (Wildman–Crippen LogP) is -1.26. The summed E-state index contributed by atoms with van der Waals surface area (Å²) in [6.45, 7) is 4.43. The maximum Gasteiger partial charge on any atom is 0.303 e. The number of carbonyl (C=O) groups is 7. The van der Waals surface area contributed by atoms with Crippen molar-refractivity contribution in [2.24, 2.45) is 0 Å². The summed E-state index contributed by atoms with van der Waals surface area (Å²) in [7, 11) is 4.22. The van der Waals surface area contributed by atoms with Crippen LogP contribution in [0, 0.1) is 0 Å². The number of ether oxygens (including phenoxy) is 5. The lowest BCUT2D eigenvalue weighted by molar-refractivity contribution is -0.277. The number of amides is 6. The molecule has 3 aromatic rings. The third kappa shape index (κ3) is 11.9. The minimum atomic E-state index is -1.85. The van der Waals surface area contributed by atoms with Crippen LogP contribution in [0.25, 0.3) is 0 Å². The Labute approximate surface area is 397 Å². The second kappa shape index (κ2) is 22.1. The summed E-state index contributed by atoms with van der Waals surface area (Å²) in [6.07, 6.45) is -10.1. The Kier molecular flexibility index (Phi) is 16.5. The minimum absolute atomic E-state index is 0.00688. The lowest BCUT2D eigenvalue weighted by Gasteiger charge is -2.39. The Morgan fingerprint density at radius 3 is 1.99 bits per heavy atom. The third-order valence-electron chi connectivity index (χ3n) is 12.2. The summed E-state index contributed by atoms with van der Waals surface area (Å²) in [4.78, 5) is 101. The van der Waals surface area contributed by atoms with Crippen LogP contribution in [-0.2, 0) is 55.9 Å². The molecule has 0 radical (unpaired) electrons. The zero-order chi connectivity index (χ0) is 50.4. The number of hydrogen-bond donors (Lipinski definition) is 8. The van der Waals surface area contributed by atoms with Gasteiger partial charge in [-0.25, -0.2) is 0 Å². The third-order valence-corrected chi connectivity index (χ3v) is 12.2. The van der Waals surface area contributed by atoms with Crippen LogP contribution >= 0.6 is 0 Å². The van der Waals surface area contributed by atoms with Gasteiger partial charge < -0.3 is 75.2 Å². The summed E-state index contributed by atoms with van der Waals surface area (Å²) in [5, 5.41) is 51.8. The molecule has 2 fully saturated rings. The largest absolute Gasteiger partial charge is 0.497 e. The van der Waals surface area contributed by atoms with Crippen LogP contribution in [-0.4, -0.2) is 166 Å². The smallest absolute Gasteiger partial charge is 0.303 e. The van der Waals surface area contributed by atoms with Crippen molar-refractivity contribution in [2.45, 2.75) is 114 Å². The molecule has 3 aromatic carbocycles. The van der Waals surface area contributed by atoms with Crippen molar-refractivity contribution in [1.29, 1.82) is 0 Å². The van der Waals surface area contributed by atoms with Crippen molar-refractivity contribution in [1.82, 2.24) is 31.1 Å². The van der Waals surface area contributed by atoms with Gasteiger partial charge >= 0.3 is 5.97 Å². The van der Waals surface area contributed by atoms with E-state index < -0.39 is 121 Å². The first kappa shape index (κ1) is 51.5. The molecule has 22 nitrogen and oxygen atoms in total. The fraction of sp³-hybridized carbons (Fsp3) is 0.468. The van der Waals surface area contributed by atoms with Gasteiger partial charge in [-0.1, -0.05) is 30.3 Å². The number of esters is 1. The Hall–Kier alpha value is -6.85. The van der Waals surface area contributed by atoms with Gasteiger partial charge in [0.25, 0.3) is 0 Å². The van der Waals surface area contributed by atoms with Crippen LogP contribution in [0.5, 0.6) is 23.0 Å². The molecule has 69 heavy (non-hydrogen) atoms. The monoisotopic (exact) mass is 962 g/mol. The number of carbonyl (C=O) groups excluding carboxylic acids is 7. The summed E-state index contributed by atoms with van der Waals surface area (Å²) < 4.78 is 28.8. The zero-order valence-corrected chi connectivity index (χ0v) is 39.0. The Bertz CT molecular complexity index is 2380. The molecule has 0 aromatic heterocycles. The quantitative estimate of drug-likeness (QED) is 0.128. The second-order valence-electron chi connectivity index (χ2n) is 17.2. The molecule has 0 aliphatic carbocycles. The van der Waals surface area contributed by atoms with Crippen LogP contribution < -0.4 is 35.5 Å². The van der Waals surface area contributed by atoms with E-state index in [0.29, 0.717) is 16.9 Å². The van der Waals surface area contributed by atoms with Crippen molar-refractivity contribution < 1.29 is 77.7 Å². The molecule has 4 aliphatic rings. The fourth-order valence-corrected chi connectivity index (χ4v) is 8.10. The highest BCUT2D eigenvalue weighted by Crippen LogP contribution is 2.38. The van der Waals surface area contributed by atoms with Gasteiger partial charge in [0.1, 0.15) is 72.2 Å². The van der Waals surface area contributed by atoms with E-state index in [1.165, 1.54) is 60.2 Å². The van der Waals surface area contributed by atoms with Crippen LogP contribution in [0.3, 0.4) is 0 Å². The van der Waals surface area contributed by atoms with Crippen LogP contribution in [0.15, 0.2) is 66.7 Å². The van der Waals surface area contributed by atoms with Crippen LogP contribution in [0.2, 0.25) is 0 Å². The standard InChI is InChI=1S/C47H58N6O16/c1-22-41(59)49-23(2)45(63)52(5)31(18-26-8-13-29(65-7)14-9-26)42(60)50-24(3)46(64)53(6)32-19-27-10-15-30(16-11-27)67-34-20-28(40(66-25(4)55)36(44(62)48-22)51-43(32)61)12-17-33(34)68-47-39(58)38(57)37(56)35(21-54)69-47/h8-17,20,22-24,31-32,35-40,47,54,56-58H,18-19,21H2,1-7H3,(H,48,62)(H,49,59)(H,50,60)(H,51,61)/t22?,23?,24-,31?,32-,35+,36?,37+,38-,39+,40?,47+/m0/s1. The van der Waals surface area contributed by atoms with Gasteiger partial charge in [-0.3, -0.25) is 33.6 Å². The lowest BCUT2D eigenvalue weighted by Crippen LogP contribution is -2.62. The molecule has 4 aliphatic heterocycles. The summed E-state index contributed by atoms with van der Waals surface area (Å²) in [5.74, 6) is -5.33. The number of methoxy groups -OCH3 is 1. The number of aliphatic hydroxyl groups is 4. The molecule has 0 saturated carbocycles. The first-order valence-corrected chi connectivity index (χ1v) is 22.1. The Morgan fingerprint density at radius 2 is 1.36 bits per heavy atom. The summed E-state index contributed by atoms with van der Waals surface area (Å²) in [5.41, 5.74) is 1.14. The summed E-state index contributed by atoms with van der Waals surface area (Å²) in [6, 6.07) is 8.65. The van der Waals surface area contributed by atoms with Gasteiger partial charge in [0.2, 0.25) is 41.7 Å². The van der Waals surface area contributed by atoms with Gasteiger partial charge in [0.05, 0.1) is 13.7 Å². The number of benzene rings is 3. The van der Waals surface area contributed by atoms with Crippen LogP contribution in [0.1, 0.15) is 50.5 Å². The van der Waals surface area contributed by atoms with Crippen molar-refractivity contribution in [2.75, 3.05) is 27.8 Å². The highest BCUT2D eigenvalue weighted by atomic mass is 16.7. The van der Waals surface area contributed by atoms with E-state index in [9.17, 15) is 54.0 Å². The van der Waals surface area contributed by atoms with E-state index >= 15 is 0 Å². The molecular formula is C47H58N6O16. The molecule has 2 saturated heterocycles. The molecular weight excluding hydrogens is 905 g/mol. The highest BCUT2D eigenvalue weighted by Gasteiger charge is 2.46. The van der Waals surface area contributed by atoms with E-state index in [1.54, 1.807) is 48.5 Å². The van der Waals surface area contributed by atoms with E-state index in [2.05, 4.69) is 21.3 Å². The molecule has 4 heterocycles. The van der Waals surface area contributed by atoms with Crippen molar-refractivity contribution in [3.63, 3.8) is 0 Å². The Morgan fingerprint density at radius 1 is 0.739 bits per heavy atom. The van der Waals surface area contributed by atoms with Crippen molar-refractivity contribution >= 4 is 41.4 Å². The Balaban J connectivity index is 1.43. The molecule has 22 heteroatoms. The van der Waals surface area contributed by atoms with Crippen molar-refractivity contribution in [3.8, 4) is 23.0 Å². The fourth-order valence-electron chi connectivity index (χ4n) is 8.10. The van der Waals surface area contributed by atoms with E-state index in [0.717, 1.165) is 16.7 Å². The molecule has 5 unspecified atom stereocenters. The normalized spacial score (nSPS) is 29.6. The number of likely N-dealkylation sites (N-methyl/N-ethyl adjacent to an activating group) is 2. The number of nitrogens with zero attached hydrogens (tertiary/aromatic N) is 2. The van der Waals surface area contributed by atoms with E-state index in [4.69, 9.17) is 23.7 Å². The SMILES string of the molecule is COc1ccc(CC2C(=O)N[C@@H](C)C(=O)N(C)[C@H]3Cc4ccc(cc4)Oc4cc(ccc4O[C@@H]4O[C@H](CO)[C@@H](O)[C@H](O)[C@H]4O)C(OC(C)=O)C(NC3=O)C(=O)NC(C)C(=O)NC(C)C(=O)N2C)cc1. The average molecular weight is 963 g/mol. The lowest BCUT2D eigenvalue weighted by atomic mass is 9.97. The molecule has 0 spiro atoms. The van der Waals surface area contributed by atoms with Gasteiger partial charge in [-0.05, 0) is 73.9 Å². The predicted molar refractivity (Wildman–Crippen MR) is 240 cm³/mol. The molecule has 6 bridgehead atoms.